The molecule has 0 saturated carbocycles. The average molecular weight is 329 g/mol. The molecule has 3 aromatic rings. The van der Waals surface area contributed by atoms with Crippen LogP contribution in [0.5, 0.6) is 0 Å². The van der Waals surface area contributed by atoms with Crippen molar-refractivity contribution in [2.24, 2.45) is 0 Å². The van der Waals surface area contributed by atoms with Gasteiger partial charge in [0.05, 0.1) is 12.0 Å². The Balaban J connectivity index is 1.38. The summed E-state index contributed by atoms with van der Waals surface area (Å²) >= 11 is 1.62. The van der Waals surface area contributed by atoms with E-state index in [4.69, 9.17) is 4.42 Å². The van der Waals surface area contributed by atoms with Crippen LogP contribution in [0.2, 0.25) is 0 Å². The maximum atomic E-state index is 5.39. The number of nitrogens with one attached hydrogen (secondary N) is 1. The summed E-state index contributed by atoms with van der Waals surface area (Å²) in [4.78, 5) is 4.64. The molecule has 0 amide bonds. The number of furan rings is 1. The van der Waals surface area contributed by atoms with E-state index in [-0.39, 0.29) is 0 Å². The van der Waals surface area contributed by atoms with Crippen LogP contribution < -0.4 is 5.32 Å². The van der Waals surface area contributed by atoms with E-state index in [1.165, 1.54) is 0 Å². The van der Waals surface area contributed by atoms with E-state index in [2.05, 4.69) is 37.4 Å². The Kier molecular flexibility index (Phi) is 3.97. The highest BCUT2D eigenvalue weighted by atomic mass is 32.1. The maximum Gasteiger partial charge on any atom is 0.162 e. The van der Waals surface area contributed by atoms with Crippen molar-refractivity contribution < 1.29 is 4.42 Å². The molecule has 0 aliphatic carbocycles. The minimum atomic E-state index is 0.442. The van der Waals surface area contributed by atoms with Crippen molar-refractivity contribution in [1.29, 1.82) is 0 Å². The molecule has 1 aliphatic heterocycles. The van der Waals surface area contributed by atoms with E-state index >= 15 is 0 Å². The molecule has 1 N–H and O–H groups in total. The first kappa shape index (κ1) is 14.6. The van der Waals surface area contributed by atoms with Crippen LogP contribution in [0.15, 0.2) is 28.2 Å². The second kappa shape index (κ2) is 6.25. The summed E-state index contributed by atoms with van der Waals surface area (Å²) < 4.78 is 7.65. The third kappa shape index (κ3) is 2.94. The fourth-order valence-electron chi connectivity index (χ4n) is 2.96. The smallest absolute Gasteiger partial charge is 0.162 e. The predicted octanol–water partition coefficient (Wildman–Crippen LogP) is 2.66. The summed E-state index contributed by atoms with van der Waals surface area (Å²) in [6, 6.07) is 4.27. The average Bonchev–Trinajstić information content (AvgIpc) is 3.31. The Bertz CT molecular complexity index is 763. The van der Waals surface area contributed by atoms with Gasteiger partial charge < -0.3 is 14.3 Å². The van der Waals surface area contributed by atoms with Gasteiger partial charge in [-0.25, -0.2) is 4.98 Å². The molecule has 0 bridgehead atoms. The van der Waals surface area contributed by atoms with Crippen LogP contribution in [-0.4, -0.2) is 25.8 Å². The first-order chi connectivity index (χ1) is 11.3. The van der Waals surface area contributed by atoms with E-state index in [0.717, 1.165) is 60.5 Å². The molecule has 0 radical (unpaired) electrons. The quantitative estimate of drug-likeness (QED) is 0.779. The molecule has 0 fully saturated rings. The van der Waals surface area contributed by atoms with Gasteiger partial charge in [0.25, 0.3) is 0 Å². The standard InChI is InChI=1S/C16H19N5OS/c1-2-14-19-20-15-6-5-11(9-21(14)15)17-8-12-10-23-16(18-12)13-4-3-7-22-13/h3-4,7,10-11,17H,2,5-6,8-9H2,1H3. The van der Waals surface area contributed by atoms with E-state index in [0.29, 0.717) is 6.04 Å². The van der Waals surface area contributed by atoms with Gasteiger partial charge in [-0.15, -0.1) is 21.5 Å². The van der Waals surface area contributed by atoms with E-state index < -0.39 is 0 Å². The summed E-state index contributed by atoms with van der Waals surface area (Å²) in [5.74, 6) is 3.04. The molecular weight excluding hydrogens is 310 g/mol. The monoisotopic (exact) mass is 329 g/mol. The Hall–Kier alpha value is -1.99. The van der Waals surface area contributed by atoms with E-state index in [9.17, 15) is 0 Å². The van der Waals surface area contributed by atoms with Gasteiger partial charge in [-0.1, -0.05) is 6.92 Å². The Morgan fingerprint density at radius 2 is 2.39 bits per heavy atom. The molecule has 0 aromatic carbocycles. The van der Waals surface area contributed by atoms with Gasteiger partial charge in [0.1, 0.15) is 11.6 Å². The summed E-state index contributed by atoms with van der Waals surface area (Å²) in [5.41, 5.74) is 1.06. The van der Waals surface area contributed by atoms with Crippen LogP contribution in [0.3, 0.4) is 0 Å². The van der Waals surface area contributed by atoms with Crippen molar-refractivity contribution >= 4 is 11.3 Å². The Morgan fingerprint density at radius 3 is 3.22 bits per heavy atom. The fraction of sp³-hybridized carbons (Fsp3) is 0.438. The third-order valence-corrected chi connectivity index (χ3v) is 5.10. The van der Waals surface area contributed by atoms with Gasteiger partial charge in [0.2, 0.25) is 0 Å². The van der Waals surface area contributed by atoms with Crippen LogP contribution in [0.25, 0.3) is 10.8 Å². The van der Waals surface area contributed by atoms with Crippen molar-refractivity contribution in [1.82, 2.24) is 25.1 Å². The van der Waals surface area contributed by atoms with Crippen LogP contribution >= 0.6 is 11.3 Å². The summed E-state index contributed by atoms with van der Waals surface area (Å²) in [6.45, 7) is 3.85. The number of hydrogen-bond donors (Lipinski definition) is 1. The molecule has 0 spiro atoms. The minimum absolute atomic E-state index is 0.442. The number of hydrogen-bond acceptors (Lipinski definition) is 6. The number of thiazole rings is 1. The zero-order valence-electron chi connectivity index (χ0n) is 13.0. The number of rotatable bonds is 5. The molecule has 120 valence electrons. The normalized spacial score (nSPS) is 17.3. The highest BCUT2D eigenvalue weighted by molar-refractivity contribution is 7.13. The van der Waals surface area contributed by atoms with Crippen molar-refractivity contribution in [3.8, 4) is 10.8 Å². The number of nitrogens with zero attached hydrogens (tertiary/aromatic N) is 4. The molecule has 6 nitrogen and oxygen atoms in total. The summed E-state index contributed by atoms with van der Waals surface area (Å²) in [6.07, 6.45) is 4.69. The number of aryl methyl sites for hydroxylation is 2. The molecule has 7 heteroatoms. The van der Waals surface area contributed by atoms with Crippen LogP contribution in [0, 0.1) is 0 Å². The zero-order valence-corrected chi connectivity index (χ0v) is 13.8. The van der Waals surface area contributed by atoms with Crippen LogP contribution in [0.4, 0.5) is 0 Å². The van der Waals surface area contributed by atoms with Gasteiger partial charge in [-0.3, -0.25) is 0 Å². The summed E-state index contributed by atoms with van der Waals surface area (Å²) in [5, 5.41) is 15.2. The van der Waals surface area contributed by atoms with Crippen molar-refractivity contribution in [3.63, 3.8) is 0 Å². The molecule has 4 heterocycles. The molecule has 1 atom stereocenters. The predicted molar refractivity (Wildman–Crippen MR) is 88.2 cm³/mol. The number of aromatic nitrogens is 4. The third-order valence-electron chi connectivity index (χ3n) is 4.20. The first-order valence-electron chi connectivity index (χ1n) is 7.96. The van der Waals surface area contributed by atoms with Crippen molar-refractivity contribution in [3.05, 3.63) is 41.1 Å². The van der Waals surface area contributed by atoms with Crippen molar-refractivity contribution in [2.75, 3.05) is 0 Å². The molecule has 23 heavy (non-hydrogen) atoms. The van der Waals surface area contributed by atoms with Gasteiger partial charge in [-0.05, 0) is 18.6 Å². The second-order valence-electron chi connectivity index (χ2n) is 5.73. The largest absolute Gasteiger partial charge is 0.462 e. The maximum absolute atomic E-state index is 5.39. The van der Waals surface area contributed by atoms with Gasteiger partial charge in [-0.2, -0.15) is 0 Å². The van der Waals surface area contributed by atoms with Gasteiger partial charge >= 0.3 is 0 Å². The van der Waals surface area contributed by atoms with E-state index in [1.807, 2.05) is 12.1 Å². The highest BCUT2D eigenvalue weighted by Gasteiger charge is 2.22. The minimum Gasteiger partial charge on any atom is -0.462 e. The SMILES string of the molecule is CCc1nnc2n1CC(NCc1csc(-c3ccco3)n1)CC2. The molecule has 4 rings (SSSR count). The lowest BCUT2D eigenvalue weighted by molar-refractivity contribution is 0.372. The topological polar surface area (TPSA) is 68.8 Å². The Labute approximate surface area is 138 Å². The van der Waals surface area contributed by atoms with Gasteiger partial charge in [0.15, 0.2) is 10.8 Å². The summed E-state index contributed by atoms with van der Waals surface area (Å²) in [7, 11) is 0. The lowest BCUT2D eigenvalue weighted by atomic mass is 10.1. The lowest BCUT2D eigenvalue weighted by Gasteiger charge is -2.25. The molecule has 0 saturated heterocycles. The van der Waals surface area contributed by atoms with Crippen LogP contribution in [-0.2, 0) is 25.9 Å². The zero-order chi connectivity index (χ0) is 15.6. The van der Waals surface area contributed by atoms with Gasteiger partial charge in [0, 0.05) is 37.4 Å². The fourth-order valence-corrected chi connectivity index (χ4v) is 3.75. The van der Waals surface area contributed by atoms with Crippen molar-refractivity contribution in [2.45, 2.75) is 45.3 Å². The lowest BCUT2D eigenvalue weighted by Crippen LogP contribution is -2.37. The molecular formula is C16H19N5OS. The number of fused-ring (bicyclic) bond motifs is 1. The molecule has 1 unspecified atom stereocenters. The highest BCUT2D eigenvalue weighted by Crippen LogP contribution is 2.24. The van der Waals surface area contributed by atoms with Crippen LogP contribution in [0.1, 0.15) is 30.7 Å². The molecule has 3 aromatic heterocycles. The molecule has 1 aliphatic rings. The second-order valence-corrected chi connectivity index (χ2v) is 6.59. The van der Waals surface area contributed by atoms with E-state index in [1.54, 1.807) is 17.6 Å². The Morgan fingerprint density at radius 1 is 1.43 bits per heavy atom. The first-order valence-corrected chi connectivity index (χ1v) is 8.84.